The monoisotopic (exact) mass is 239 g/mol. The zero-order chi connectivity index (χ0) is 12.4. The van der Waals surface area contributed by atoms with Crippen LogP contribution in [-0.2, 0) is 0 Å². The molecule has 0 aliphatic carbocycles. The van der Waals surface area contributed by atoms with Crippen LogP contribution in [0.3, 0.4) is 0 Å². The van der Waals surface area contributed by atoms with Crippen molar-refractivity contribution >= 4 is 11.0 Å². The van der Waals surface area contributed by atoms with Gasteiger partial charge in [0.2, 0.25) is 0 Å². The molecule has 0 spiro atoms. The molecule has 1 unspecified atom stereocenters. The van der Waals surface area contributed by atoms with E-state index in [1.807, 2.05) is 36.4 Å². The predicted octanol–water partition coefficient (Wildman–Crippen LogP) is 2.38. The molecule has 1 aromatic carbocycles. The highest BCUT2D eigenvalue weighted by Gasteiger charge is 2.17. The van der Waals surface area contributed by atoms with Crippen molar-refractivity contribution in [2.75, 3.05) is 0 Å². The summed E-state index contributed by atoms with van der Waals surface area (Å²) < 4.78 is 5.54. The molecule has 0 aliphatic rings. The second-order valence-corrected chi connectivity index (χ2v) is 4.07. The number of para-hydroxylation sites is 1. The fourth-order valence-corrected chi connectivity index (χ4v) is 2.13. The summed E-state index contributed by atoms with van der Waals surface area (Å²) >= 11 is 0. The number of nitrogens with zero attached hydrogens (tertiary/aromatic N) is 1. The molecule has 0 radical (unpaired) electrons. The van der Waals surface area contributed by atoms with Crippen molar-refractivity contribution in [1.29, 1.82) is 0 Å². The minimum absolute atomic E-state index is 0.123. The number of nitrogens with one attached hydrogen (secondary N) is 1. The van der Waals surface area contributed by atoms with Gasteiger partial charge in [-0.05, 0) is 17.7 Å². The van der Waals surface area contributed by atoms with Crippen LogP contribution in [0, 0.1) is 0 Å². The lowest BCUT2D eigenvalue weighted by Gasteiger charge is -2.14. The van der Waals surface area contributed by atoms with Gasteiger partial charge in [0, 0.05) is 23.3 Å². The molecular formula is C14H13N3O. The Labute approximate surface area is 104 Å². The SMILES string of the molecule is NNC(c1cccnc1)c1coc2ccccc12. The van der Waals surface area contributed by atoms with Crippen molar-refractivity contribution in [3.05, 3.63) is 66.2 Å². The third-order valence-electron chi connectivity index (χ3n) is 3.01. The zero-order valence-electron chi connectivity index (χ0n) is 9.71. The first kappa shape index (κ1) is 11.0. The number of hydrazine groups is 1. The molecule has 2 heterocycles. The molecule has 0 fully saturated rings. The van der Waals surface area contributed by atoms with Crippen LogP contribution in [0.5, 0.6) is 0 Å². The van der Waals surface area contributed by atoms with Crippen LogP contribution in [0.15, 0.2) is 59.5 Å². The molecule has 3 rings (SSSR count). The first-order chi connectivity index (χ1) is 8.90. The van der Waals surface area contributed by atoms with Gasteiger partial charge in [-0.15, -0.1) is 0 Å². The summed E-state index contributed by atoms with van der Waals surface area (Å²) in [7, 11) is 0. The third kappa shape index (κ3) is 1.77. The van der Waals surface area contributed by atoms with Crippen molar-refractivity contribution in [2.24, 2.45) is 5.84 Å². The summed E-state index contributed by atoms with van der Waals surface area (Å²) in [6.07, 6.45) is 5.28. The summed E-state index contributed by atoms with van der Waals surface area (Å²) in [5.41, 5.74) is 5.69. The van der Waals surface area contributed by atoms with Gasteiger partial charge in [0.15, 0.2) is 0 Å². The number of hydrogen-bond donors (Lipinski definition) is 2. The normalized spacial score (nSPS) is 12.7. The average Bonchev–Trinajstić information content (AvgIpc) is 2.85. The van der Waals surface area contributed by atoms with Gasteiger partial charge in [-0.3, -0.25) is 10.8 Å². The smallest absolute Gasteiger partial charge is 0.134 e. The fraction of sp³-hybridized carbons (Fsp3) is 0.0714. The Kier molecular flexibility index (Phi) is 2.80. The minimum atomic E-state index is -0.123. The highest BCUT2D eigenvalue weighted by molar-refractivity contribution is 5.81. The molecule has 1 atom stereocenters. The van der Waals surface area contributed by atoms with Crippen LogP contribution in [0.2, 0.25) is 0 Å². The van der Waals surface area contributed by atoms with E-state index in [2.05, 4.69) is 10.4 Å². The molecule has 0 aliphatic heterocycles. The molecule has 0 amide bonds. The third-order valence-corrected chi connectivity index (χ3v) is 3.01. The number of aromatic nitrogens is 1. The lowest BCUT2D eigenvalue weighted by atomic mass is 10.0. The Morgan fingerprint density at radius 3 is 2.83 bits per heavy atom. The van der Waals surface area contributed by atoms with Crippen LogP contribution in [0.1, 0.15) is 17.2 Å². The number of nitrogens with two attached hydrogens (primary N) is 1. The molecule has 0 bridgehead atoms. The summed E-state index contributed by atoms with van der Waals surface area (Å²) in [4.78, 5) is 4.12. The lowest BCUT2D eigenvalue weighted by Crippen LogP contribution is -2.28. The van der Waals surface area contributed by atoms with Crippen LogP contribution in [0.25, 0.3) is 11.0 Å². The standard InChI is InChI=1S/C14H13N3O/c15-17-14(10-4-3-7-16-8-10)12-9-18-13-6-2-1-5-11(12)13/h1-9,14,17H,15H2. The average molecular weight is 239 g/mol. The van der Waals surface area contributed by atoms with Gasteiger partial charge in [0.25, 0.3) is 0 Å². The largest absolute Gasteiger partial charge is 0.464 e. The van der Waals surface area contributed by atoms with Crippen molar-refractivity contribution in [3.63, 3.8) is 0 Å². The number of rotatable bonds is 3. The summed E-state index contributed by atoms with van der Waals surface area (Å²) in [5.74, 6) is 5.67. The minimum Gasteiger partial charge on any atom is -0.464 e. The van der Waals surface area contributed by atoms with Crippen LogP contribution >= 0.6 is 0 Å². The van der Waals surface area contributed by atoms with Crippen LogP contribution in [0.4, 0.5) is 0 Å². The van der Waals surface area contributed by atoms with Gasteiger partial charge < -0.3 is 4.42 Å². The van der Waals surface area contributed by atoms with Crippen molar-refractivity contribution in [3.8, 4) is 0 Å². The second-order valence-electron chi connectivity index (χ2n) is 4.07. The van der Waals surface area contributed by atoms with E-state index in [1.165, 1.54) is 0 Å². The Hall–Kier alpha value is -2.17. The lowest BCUT2D eigenvalue weighted by molar-refractivity contribution is 0.585. The molecule has 0 saturated carbocycles. The number of furan rings is 1. The molecule has 4 heteroatoms. The number of fused-ring (bicyclic) bond motifs is 1. The van der Waals surface area contributed by atoms with E-state index in [1.54, 1.807) is 18.7 Å². The van der Waals surface area contributed by atoms with E-state index >= 15 is 0 Å². The number of pyridine rings is 1. The fourth-order valence-electron chi connectivity index (χ4n) is 2.13. The van der Waals surface area contributed by atoms with E-state index in [4.69, 9.17) is 10.3 Å². The van der Waals surface area contributed by atoms with Gasteiger partial charge in [-0.25, -0.2) is 5.43 Å². The van der Waals surface area contributed by atoms with Gasteiger partial charge in [-0.1, -0.05) is 24.3 Å². The molecule has 4 nitrogen and oxygen atoms in total. The quantitative estimate of drug-likeness (QED) is 0.544. The Bertz CT molecular complexity index is 648. The summed E-state index contributed by atoms with van der Waals surface area (Å²) in [6.45, 7) is 0. The zero-order valence-corrected chi connectivity index (χ0v) is 9.71. The maximum Gasteiger partial charge on any atom is 0.134 e. The first-order valence-electron chi connectivity index (χ1n) is 5.72. The maximum absolute atomic E-state index is 5.67. The molecule has 18 heavy (non-hydrogen) atoms. The molecule has 3 N–H and O–H groups in total. The first-order valence-corrected chi connectivity index (χ1v) is 5.72. The van der Waals surface area contributed by atoms with Gasteiger partial charge >= 0.3 is 0 Å². The Morgan fingerprint density at radius 2 is 2.06 bits per heavy atom. The summed E-state index contributed by atoms with van der Waals surface area (Å²) in [6, 6.07) is 11.6. The Morgan fingerprint density at radius 1 is 1.17 bits per heavy atom. The second kappa shape index (κ2) is 4.60. The number of benzene rings is 1. The topological polar surface area (TPSA) is 64.1 Å². The molecule has 90 valence electrons. The van der Waals surface area contributed by atoms with Crippen LogP contribution < -0.4 is 11.3 Å². The predicted molar refractivity (Wildman–Crippen MR) is 69.6 cm³/mol. The van der Waals surface area contributed by atoms with Crippen molar-refractivity contribution < 1.29 is 4.42 Å². The molecular weight excluding hydrogens is 226 g/mol. The molecule has 3 aromatic rings. The van der Waals surface area contributed by atoms with Crippen molar-refractivity contribution in [2.45, 2.75) is 6.04 Å². The number of hydrogen-bond acceptors (Lipinski definition) is 4. The van der Waals surface area contributed by atoms with E-state index in [0.29, 0.717) is 0 Å². The van der Waals surface area contributed by atoms with E-state index in [-0.39, 0.29) is 6.04 Å². The van der Waals surface area contributed by atoms with E-state index in [0.717, 1.165) is 22.1 Å². The molecule has 0 saturated heterocycles. The highest BCUT2D eigenvalue weighted by atomic mass is 16.3. The highest BCUT2D eigenvalue weighted by Crippen LogP contribution is 2.29. The van der Waals surface area contributed by atoms with Gasteiger partial charge in [-0.2, -0.15) is 0 Å². The van der Waals surface area contributed by atoms with Gasteiger partial charge in [0.05, 0.1) is 12.3 Å². The van der Waals surface area contributed by atoms with Crippen LogP contribution in [-0.4, -0.2) is 4.98 Å². The van der Waals surface area contributed by atoms with Gasteiger partial charge in [0.1, 0.15) is 5.58 Å². The maximum atomic E-state index is 5.67. The summed E-state index contributed by atoms with van der Waals surface area (Å²) in [5, 5.41) is 1.06. The van der Waals surface area contributed by atoms with E-state index < -0.39 is 0 Å². The van der Waals surface area contributed by atoms with Crippen molar-refractivity contribution in [1.82, 2.24) is 10.4 Å². The van der Waals surface area contributed by atoms with E-state index in [9.17, 15) is 0 Å². The molecule has 2 aromatic heterocycles. The Balaban J connectivity index is 2.12.